The molecule has 0 saturated carbocycles. The van der Waals surface area contributed by atoms with Crippen LogP contribution in [0.5, 0.6) is 11.5 Å². The highest BCUT2D eigenvalue weighted by atomic mass is 16.7. The van der Waals surface area contributed by atoms with Gasteiger partial charge in [0.25, 0.3) is 0 Å². The molecule has 1 aliphatic rings. The maximum Gasteiger partial charge on any atom is 0.303 e. The molecule has 2 rings (SSSR count). The first kappa shape index (κ1) is 19.4. The largest absolute Gasteiger partial charge is 0.493 e. The number of hydrogen-bond acceptors (Lipinski definition) is 8. The van der Waals surface area contributed by atoms with Crippen LogP contribution in [0.3, 0.4) is 0 Å². The molecule has 0 amide bonds. The number of aliphatic carboxylic acids is 1. The molecule has 9 nitrogen and oxygen atoms in total. The molecule has 9 heteroatoms. The summed E-state index contributed by atoms with van der Waals surface area (Å²) in [5, 5.41) is 47.5. The van der Waals surface area contributed by atoms with Gasteiger partial charge in [0.15, 0.2) is 11.5 Å². The van der Waals surface area contributed by atoms with Crippen LogP contribution in [-0.4, -0.2) is 75.9 Å². The Hall–Kier alpha value is -1.91. The first-order chi connectivity index (χ1) is 11.9. The summed E-state index contributed by atoms with van der Waals surface area (Å²) < 4.78 is 16.0. The highest BCUT2D eigenvalue weighted by molar-refractivity contribution is 5.67. The second kappa shape index (κ2) is 8.45. The Morgan fingerprint density at radius 3 is 2.48 bits per heavy atom. The van der Waals surface area contributed by atoms with E-state index in [-0.39, 0.29) is 12.2 Å². The van der Waals surface area contributed by atoms with Gasteiger partial charge >= 0.3 is 5.97 Å². The Morgan fingerprint density at radius 2 is 1.88 bits per heavy atom. The van der Waals surface area contributed by atoms with Crippen molar-refractivity contribution in [3.63, 3.8) is 0 Å². The molecule has 1 aromatic carbocycles. The van der Waals surface area contributed by atoms with Gasteiger partial charge in [0.05, 0.1) is 13.7 Å². The van der Waals surface area contributed by atoms with Gasteiger partial charge in [0.2, 0.25) is 6.29 Å². The van der Waals surface area contributed by atoms with Gasteiger partial charge in [-0.15, -0.1) is 0 Å². The van der Waals surface area contributed by atoms with Crippen LogP contribution in [0.4, 0.5) is 0 Å². The van der Waals surface area contributed by atoms with Gasteiger partial charge in [0.1, 0.15) is 24.4 Å². The van der Waals surface area contributed by atoms with Crippen LogP contribution in [0, 0.1) is 0 Å². The van der Waals surface area contributed by atoms with E-state index < -0.39 is 43.3 Å². The molecular weight excluding hydrogens is 336 g/mol. The van der Waals surface area contributed by atoms with Crippen LogP contribution in [0.2, 0.25) is 0 Å². The number of benzene rings is 1. The lowest BCUT2D eigenvalue weighted by Gasteiger charge is -2.39. The van der Waals surface area contributed by atoms with Crippen molar-refractivity contribution in [2.75, 3.05) is 13.7 Å². The average Bonchev–Trinajstić information content (AvgIpc) is 2.60. The fourth-order valence-electron chi connectivity index (χ4n) is 2.51. The van der Waals surface area contributed by atoms with E-state index >= 15 is 0 Å². The molecule has 0 radical (unpaired) electrons. The Kier molecular flexibility index (Phi) is 6.57. The van der Waals surface area contributed by atoms with E-state index in [4.69, 9.17) is 19.3 Å². The number of methoxy groups -OCH3 is 1. The van der Waals surface area contributed by atoms with Crippen molar-refractivity contribution < 1.29 is 44.5 Å². The number of aliphatic hydroxyl groups excluding tert-OH is 4. The quantitative estimate of drug-likeness (QED) is 0.409. The van der Waals surface area contributed by atoms with E-state index in [1.807, 2.05) is 0 Å². The molecule has 0 aromatic heterocycles. The second-order valence-electron chi connectivity index (χ2n) is 5.69. The molecule has 0 bridgehead atoms. The van der Waals surface area contributed by atoms with Gasteiger partial charge in [-0.2, -0.15) is 0 Å². The molecule has 1 aromatic rings. The van der Waals surface area contributed by atoms with Crippen molar-refractivity contribution in [1.29, 1.82) is 0 Å². The number of aryl methyl sites for hydroxylation is 1. The van der Waals surface area contributed by atoms with Crippen LogP contribution in [0.25, 0.3) is 0 Å². The fourth-order valence-corrected chi connectivity index (χ4v) is 2.51. The first-order valence-corrected chi connectivity index (χ1v) is 7.73. The molecule has 1 aliphatic heterocycles. The SMILES string of the molecule is COc1cc(CCC(=O)O)ccc1OC1OC(CO)C(O)C(O)C1O. The minimum Gasteiger partial charge on any atom is -0.493 e. The standard InChI is InChI=1S/C16H22O9/c1-23-10-6-8(3-5-12(18)19)2-4-9(10)24-16-15(22)14(21)13(20)11(7-17)25-16/h2,4,6,11,13-17,20-22H,3,5,7H2,1H3,(H,18,19). The van der Waals surface area contributed by atoms with Crippen molar-refractivity contribution in [2.24, 2.45) is 0 Å². The molecule has 1 fully saturated rings. The summed E-state index contributed by atoms with van der Waals surface area (Å²) in [6.07, 6.45) is -6.67. The summed E-state index contributed by atoms with van der Waals surface area (Å²) in [6, 6.07) is 4.77. The van der Waals surface area contributed by atoms with E-state index in [2.05, 4.69) is 0 Å². The zero-order chi connectivity index (χ0) is 18.6. The average molecular weight is 358 g/mol. The lowest BCUT2D eigenvalue weighted by atomic mass is 9.99. The summed E-state index contributed by atoms with van der Waals surface area (Å²) in [6.45, 7) is -0.559. The fraction of sp³-hybridized carbons (Fsp3) is 0.562. The van der Waals surface area contributed by atoms with Gasteiger partial charge in [-0.1, -0.05) is 6.07 Å². The first-order valence-electron chi connectivity index (χ1n) is 7.73. The van der Waals surface area contributed by atoms with E-state index in [1.54, 1.807) is 12.1 Å². The van der Waals surface area contributed by atoms with E-state index in [0.717, 1.165) is 5.56 Å². The molecule has 5 unspecified atom stereocenters. The second-order valence-corrected chi connectivity index (χ2v) is 5.69. The monoisotopic (exact) mass is 358 g/mol. The topological polar surface area (TPSA) is 146 Å². The van der Waals surface area contributed by atoms with Crippen LogP contribution >= 0.6 is 0 Å². The lowest BCUT2D eigenvalue weighted by molar-refractivity contribution is -0.277. The molecule has 1 saturated heterocycles. The van der Waals surface area contributed by atoms with E-state index in [9.17, 15) is 25.2 Å². The van der Waals surface area contributed by atoms with Gasteiger partial charge < -0.3 is 39.7 Å². The maximum absolute atomic E-state index is 10.6. The third-order valence-corrected chi connectivity index (χ3v) is 3.95. The normalized spacial score (nSPS) is 29.2. The summed E-state index contributed by atoms with van der Waals surface area (Å²) in [5.41, 5.74) is 0.723. The van der Waals surface area contributed by atoms with Crippen molar-refractivity contribution in [2.45, 2.75) is 43.5 Å². The van der Waals surface area contributed by atoms with Crippen LogP contribution in [-0.2, 0) is 16.0 Å². The summed E-state index contributed by atoms with van der Waals surface area (Å²) in [4.78, 5) is 10.6. The summed E-state index contributed by atoms with van der Waals surface area (Å²) in [5.74, 6) is -0.425. The molecular formula is C16H22O9. The number of carbonyl (C=O) groups is 1. The molecule has 0 spiro atoms. The molecule has 140 valence electrons. The van der Waals surface area contributed by atoms with Gasteiger partial charge in [-0.25, -0.2) is 0 Å². The Balaban J connectivity index is 2.14. The number of aliphatic hydroxyl groups is 4. The van der Waals surface area contributed by atoms with Crippen molar-refractivity contribution in [3.05, 3.63) is 23.8 Å². The smallest absolute Gasteiger partial charge is 0.303 e. The third kappa shape index (κ3) is 4.59. The minimum atomic E-state index is -1.54. The zero-order valence-electron chi connectivity index (χ0n) is 13.6. The number of hydrogen-bond donors (Lipinski definition) is 5. The van der Waals surface area contributed by atoms with Gasteiger partial charge in [-0.3, -0.25) is 4.79 Å². The van der Waals surface area contributed by atoms with E-state index in [0.29, 0.717) is 12.2 Å². The third-order valence-electron chi connectivity index (χ3n) is 3.95. The number of carboxylic acids is 1. The predicted octanol–water partition coefficient (Wildman–Crippen LogP) is -1.11. The number of carboxylic acid groups (broad SMARTS) is 1. The van der Waals surface area contributed by atoms with E-state index in [1.165, 1.54) is 13.2 Å². The lowest BCUT2D eigenvalue weighted by Crippen LogP contribution is -2.60. The van der Waals surface area contributed by atoms with Crippen LogP contribution in [0.15, 0.2) is 18.2 Å². The number of rotatable bonds is 7. The van der Waals surface area contributed by atoms with Crippen molar-refractivity contribution in [3.8, 4) is 11.5 Å². The van der Waals surface area contributed by atoms with Crippen molar-refractivity contribution in [1.82, 2.24) is 0 Å². The Morgan fingerprint density at radius 1 is 1.16 bits per heavy atom. The minimum absolute atomic E-state index is 0.0317. The van der Waals surface area contributed by atoms with Gasteiger partial charge in [-0.05, 0) is 24.1 Å². The van der Waals surface area contributed by atoms with Gasteiger partial charge in [0, 0.05) is 6.42 Å². The molecule has 25 heavy (non-hydrogen) atoms. The summed E-state index contributed by atoms with van der Waals surface area (Å²) in [7, 11) is 1.40. The molecule has 5 N–H and O–H groups in total. The number of ether oxygens (including phenoxy) is 3. The molecule has 0 aliphatic carbocycles. The van der Waals surface area contributed by atoms with Crippen LogP contribution in [0.1, 0.15) is 12.0 Å². The molecule has 5 atom stereocenters. The Bertz CT molecular complexity index is 589. The zero-order valence-corrected chi connectivity index (χ0v) is 13.6. The van der Waals surface area contributed by atoms with Crippen molar-refractivity contribution >= 4 is 5.97 Å². The molecule has 1 heterocycles. The maximum atomic E-state index is 10.6. The highest BCUT2D eigenvalue weighted by Gasteiger charge is 2.44. The highest BCUT2D eigenvalue weighted by Crippen LogP contribution is 2.32. The summed E-state index contributed by atoms with van der Waals surface area (Å²) >= 11 is 0. The predicted molar refractivity (Wildman–Crippen MR) is 83.3 cm³/mol. The van der Waals surface area contributed by atoms with Crippen LogP contribution < -0.4 is 9.47 Å². The Labute approximate surface area is 144 Å².